The van der Waals surface area contributed by atoms with Gasteiger partial charge in [-0.2, -0.15) is 0 Å². The molecule has 0 aliphatic carbocycles. The molecule has 0 spiro atoms. The molecule has 18 heavy (non-hydrogen) atoms. The van der Waals surface area contributed by atoms with Gasteiger partial charge in [0.1, 0.15) is 0 Å². The Morgan fingerprint density at radius 2 is 1.67 bits per heavy atom. The van der Waals surface area contributed by atoms with Gasteiger partial charge in [-0.3, -0.25) is 4.79 Å². The second-order valence-electron chi connectivity index (χ2n) is 5.20. The summed E-state index contributed by atoms with van der Waals surface area (Å²) < 4.78 is 0. The van der Waals surface area contributed by atoms with E-state index in [1.165, 1.54) is 0 Å². The number of hydrogen-bond acceptors (Lipinski definition) is 2. The Morgan fingerprint density at radius 1 is 1.22 bits per heavy atom. The molecule has 0 unspecified atom stereocenters. The summed E-state index contributed by atoms with van der Waals surface area (Å²) in [5.74, 6) is -0.0972. The highest BCUT2D eigenvalue weighted by atomic mass is 32.1. The van der Waals surface area contributed by atoms with Gasteiger partial charge in [-0.25, -0.2) is 0 Å². The molecule has 0 saturated carbocycles. The van der Waals surface area contributed by atoms with Crippen molar-refractivity contribution in [1.29, 1.82) is 0 Å². The van der Waals surface area contributed by atoms with Crippen molar-refractivity contribution in [3.05, 3.63) is 29.3 Å². The maximum absolute atomic E-state index is 12.4. The molecule has 0 aromatic heterocycles. The fraction of sp³-hybridized carbons (Fsp3) is 0.429. The quantitative estimate of drug-likeness (QED) is 0.854. The second kappa shape index (κ2) is 5.06. The number of thiocarbonyl (C=S) groups is 1. The van der Waals surface area contributed by atoms with Gasteiger partial charge in [0, 0.05) is 12.7 Å². The van der Waals surface area contributed by atoms with Crippen LogP contribution in [0.25, 0.3) is 0 Å². The molecule has 1 aromatic carbocycles. The minimum atomic E-state index is -0.832. The molecule has 1 aromatic rings. The largest absolute Gasteiger partial charge is 0.392 e. The molecular formula is C14H20N2OS. The topological polar surface area (TPSA) is 46.3 Å². The molecule has 3 nitrogen and oxygen atoms in total. The first-order valence-electron chi connectivity index (χ1n) is 5.82. The highest BCUT2D eigenvalue weighted by molar-refractivity contribution is 7.80. The minimum absolute atomic E-state index is 0.0972. The lowest BCUT2D eigenvalue weighted by molar-refractivity contribution is -0.123. The average molecular weight is 264 g/mol. The Morgan fingerprint density at radius 3 is 2.06 bits per heavy atom. The van der Waals surface area contributed by atoms with Crippen LogP contribution < -0.4 is 10.6 Å². The SMILES string of the molecule is Cc1cc(C)cc(N(C)C(=O)C(C)(C)C(N)=S)c1. The van der Waals surface area contributed by atoms with Gasteiger partial charge in [0.2, 0.25) is 5.91 Å². The van der Waals surface area contributed by atoms with Crippen LogP contribution in [0.15, 0.2) is 18.2 Å². The van der Waals surface area contributed by atoms with E-state index in [4.69, 9.17) is 18.0 Å². The van der Waals surface area contributed by atoms with Crippen molar-refractivity contribution in [3.8, 4) is 0 Å². The van der Waals surface area contributed by atoms with Crippen molar-refractivity contribution in [1.82, 2.24) is 0 Å². The molecule has 0 aliphatic heterocycles. The van der Waals surface area contributed by atoms with Crippen molar-refractivity contribution in [2.45, 2.75) is 27.7 Å². The molecule has 0 aliphatic rings. The number of carbonyl (C=O) groups excluding carboxylic acids is 1. The first kappa shape index (κ1) is 14.6. The summed E-state index contributed by atoms with van der Waals surface area (Å²) in [5.41, 5.74) is 7.91. The van der Waals surface area contributed by atoms with Gasteiger partial charge in [-0.15, -0.1) is 0 Å². The van der Waals surface area contributed by atoms with E-state index in [0.29, 0.717) is 0 Å². The fourth-order valence-corrected chi connectivity index (χ4v) is 1.87. The maximum atomic E-state index is 12.4. The van der Waals surface area contributed by atoms with Gasteiger partial charge in [-0.05, 0) is 51.0 Å². The maximum Gasteiger partial charge on any atom is 0.239 e. The third-order valence-corrected chi connectivity index (χ3v) is 3.56. The van der Waals surface area contributed by atoms with Crippen molar-refractivity contribution in [2.24, 2.45) is 11.1 Å². The normalized spacial score (nSPS) is 11.2. The van der Waals surface area contributed by atoms with E-state index >= 15 is 0 Å². The highest BCUT2D eigenvalue weighted by Crippen LogP contribution is 2.24. The second-order valence-corrected chi connectivity index (χ2v) is 5.64. The Labute approximate surface area is 114 Å². The van der Waals surface area contributed by atoms with Crippen molar-refractivity contribution >= 4 is 28.8 Å². The van der Waals surface area contributed by atoms with Crippen LogP contribution in [0.2, 0.25) is 0 Å². The van der Waals surface area contributed by atoms with E-state index in [2.05, 4.69) is 6.07 Å². The minimum Gasteiger partial charge on any atom is -0.392 e. The number of benzene rings is 1. The smallest absolute Gasteiger partial charge is 0.239 e. The van der Waals surface area contributed by atoms with Crippen LogP contribution in [0.5, 0.6) is 0 Å². The summed E-state index contributed by atoms with van der Waals surface area (Å²) in [6, 6.07) is 6.02. The number of rotatable bonds is 3. The van der Waals surface area contributed by atoms with Crippen LogP contribution in [0.1, 0.15) is 25.0 Å². The highest BCUT2D eigenvalue weighted by Gasteiger charge is 2.34. The molecule has 98 valence electrons. The number of aryl methyl sites for hydroxylation is 2. The Hall–Kier alpha value is -1.42. The van der Waals surface area contributed by atoms with Crippen LogP contribution in [-0.2, 0) is 4.79 Å². The molecule has 2 N–H and O–H groups in total. The lowest BCUT2D eigenvalue weighted by Gasteiger charge is -2.28. The zero-order chi connectivity index (χ0) is 14.1. The van der Waals surface area contributed by atoms with Gasteiger partial charge in [-0.1, -0.05) is 18.3 Å². The average Bonchev–Trinajstić information content (AvgIpc) is 2.25. The number of anilines is 1. The summed E-state index contributed by atoms with van der Waals surface area (Å²) in [5, 5.41) is 0. The molecule has 1 rings (SSSR count). The Bertz CT molecular complexity index is 474. The van der Waals surface area contributed by atoms with Crippen LogP contribution in [-0.4, -0.2) is 17.9 Å². The number of nitrogens with zero attached hydrogens (tertiary/aromatic N) is 1. The number of carbonyl (C=O) groups is 1. The molecule has 1 amide bonds. The zero-order valence-electron chi connectivity index (χ0n) is 11.6. The first-order chi connectivity index (χ1) is 8.16. The predicted molar refractivity (Wildman–Crippen MR) is 79.9 cm³/mol. The molecule has 0 bridgehead atoms. The monoisotopic (exact) mass is 264 g/mol. The van der Waals surface area contributed by atoms with Crippen LogP contribution in [0, 0.1) is 19.3 Å². The molecular weight excluding hydrogens is 244 g/mol. The predicted octanol–water partition coefficient (Wildman–Crippen LogP) is 2.58. The summed E-state index contributed by atoms with van der Waals surface area (Å²) in [6.07, 6.45) is 0. The zero-order valence-corrected chi connectivity index (χ0v) is 12.4. The summed E-state index contributed by atoms with van der Waals surface area (Å²) in [6.45, 7) is 7.51. The molecule has 0 fully saturated rings. The van der Waals surface area contributed by atoms with E-state index in [0.717, 1.165) is 16.8 Å². The fourth-order valence-electron chi connectivity index (χ4n) is 1.79. The van der Waals surface area contributed by atoms with E-state index in [1.807, 2.05) is 26.0 Å². The van der Waals surface area contributed by atoms with E-state index in [1.54, 1.807) is 25.8 Å². The lowest BCUT2D eigenvalue weighted by Crippen LogP contribution is -2.45. The van der Waals surface area contributed by atoms with E-state index in [9.17, 15) is 4.79 Å². The van der Waals surface area contributed by atoms with Crippen LogP contribution >= 0.6 is 12.2 Å². The molecule has 0 radical (unpaired) electrons. The molecule has 0 saturated heterocycles. The first-order valence-corrected chi connectivity index (χ1v) is 6.23. The third kappa shape index (κ3) is 2.88. The van der Waals surface area contributed by atoms with Crippen molar-refractivity contribution in [2.75, 3.05) is 11.9 Å². The molecule has 4 heteroatoms. The Balaban J connectivity index is 3.11. The number of amides is 1. The van der Waals surface area contributed by atoms with E-state index < -0.39 is 5.41 Å². The van der Waals surface area contributed by atoms with Gasteiger partial charge in [0.05, 0.1) is 10.4 Å². The summed E-state index contributed by atoms with van der Waals surface area (Å²) >= 11 is 4.96. The molecule has 0 atom stereocenters. The van der Waals surface area contributed by atoms with Gasteiger partial charge in [0.25, 0.3) is 0 Å². The number of nitrogens with two attached hydrogens (primary N) is 1. The van der Waals surface area contributed by atoms with E-state index in [-0.39, 0.29) is 10.9 Å². The Kier molecular flexibility index (Phi) is 4.12. The summed E-state index contributed by atoms with van der Waals surface area (Å²) in [4.78, 5) is 14.2. The van der Waals surface area contributed by atoms with Gasteiger partial charge in [0.15, 0.2) is 0 Å². The van der Waals surface area contributed by atoms with Crippen molar-refractivity contribution in [3.63, 3.8) is 0 Å². The van der Waals surface area contributed by atoms with Gasteiger partial charge < -0.3 is 10.6 Å². The van der Waals surface area contributed by atoms with Crippen LogP contribution in [0.4, 0.5) is 5.69 Å². The van der Waals surface area contributed by atoms with Crippen LogP contribution in [0.3, 0.4) is 0 Å². The van der Waals surface area contributed by atoms with Gasteiger partial charge >= 0.3 is 0 Å². The lowest BCUT2D eigenvalue weighted by atomic mass is 9.91. The summed E-state index contributed by atoms with van der Waals surface area (Å²) in [7, 11) is 1.75. The number of hydrogen-bond donors (Lipinski definition) is 1. The van der Waals surface area contributed by atoms with Crippen molar-refractivity contribution < 1.29 is 4.79 Å². The standard InChI is InChI=1S/C14H20N2OS/c1-9-6-10(2)8-11(7-9)16(5)13(17)14(3,4)12(15)18/h6-8H,1-5H3,(H2,15,18). The third-order valence-electron chi connectivity index (χ3n) is 3.05. The molecule has 0 heterocycles.